The Morgan fingerprint density at radius 1 is 1.38 bits per heavy atom. The van der Waals surface area contributed by atoms with Crippen molar-refractivity contribution in [3.05, 3.63) is 34.9 Å². The van der Waals surface area contributed by atoms with E-state index in [9.17, 15) is 4.79 Å². The molecule has 0 aliphatic heterocycles. The van der Waals surface area contributed by atoms with Crippen LogP contribution in [0.1, 0.15) is 35.3 Å². The van der Waals surface area contributed by atoms with Crippen molar-refractivity contribution in [1.82, 2.24) is 10.2 Å². The standard InChI is InChI=1S/C15H19N3OS2/c1-5-16-14-17-18-15(21-14)20-11(4)13(19)12-8-9(2)6-7-10(12)3/h6-8,11H,5H2,1-4H3,(H,16,17)/t11-/m1/s1. The molecule has 0 aliphatic rings. The largest absolute Gasteiger partial charge is 0.360 e. The van der Waals surface area contributed by atoms with Crippen LogP contribution in [-0.4, -0.2) is 27.8 Å². The van der Waals surface area contributed by atoms with E-state index in [1.54, 1.807) is 0 Å². The highest BCUT2D eigenvalue weighted by atomic mass is 32.2. The maximum atomic E-state index is 12.6. The summed E-state index contributed by atoms with van der Waals surface area (Å²) in [7, 11) is 0. The van der Waals surface area contributed by atoms with Crippen LogP contribution in [0.5, 0.6) is 0 Å². The van der Waals surface area contributed by atoms with Gasteiger partial charge in [-0.3, -0.25) is 4.79 Å². The van der Waals surface area contributed by atoms with Crippen LogP contribution in [0.4, 0.5) is 5.13 Å². The van der Waals surface area contributed by atoms with Crippen LogP contribution in [0, 0.1) is 13.8 Å². The summed E-state index contributed by atoms with van der Waals surface area (Å²) < 4.78 is 0.817. The lowest BCUT2D eigenvalue weighted by Crippen LogP contribution is -2.15. The average molecular weight is 321 g/mol. The van der Waals surface area contributed by atoms with E-state index < -0.39 is 0 Å². The molecule has 1 atom stereocenters. The number of rotatable bonds is 6. The van der Waals surface area contributed by atoms with Crippen molar-refractivity contribution in [2.24, 2.45) is 0 Å². The van der Waals surface area contributed by atoms with Gasteiger partial charge < -0.3 is 5.32 Å². The summed E-state index contributed by atoms with van der Waals surface area (Å²) in [6.07, 6.45) is 0. The van der Waals surface area contributed by atoms with Gasteiger partial charge in [-0.05, 0) is 39.3 Å². The minimum atomic E-state index is -0.173. The van der Waals surface area contributed by atoms with Crippen molar-refractivity contribution < 1.29 is 4.79 Å². The zero-order chi connectivity index (χ0) is 15.4. The molecule has 0 unspecified atom stereocenters. The number of benzene rings is 1. The van der Waals surface area contributed by atoms with E-state index in [1.165, 1.54) is 23.1 Å². The highest BCUT2D eigenvalue weighted by molar-refractivity contribution is 8.02. The second kappa shape index (κ2) is 7.04. The van der Waals surface area contributed by atoms with Gasteiger partial charge in [0.2, 0.25) is 5.13 Å². The third-order valence-corrected chi connectivity index (χ3v) is 5.11. The smallest absolute Gasteiger partial charge is 0.206 e. The van der Waals surface area contributed by atoms with Crippen molar-refractivity contribution in [3.8, 4) is 0 Å². The number of aryl methyl sites for hydroxylation is 2. The predicted octanol–water partition coefficient (Wildman–Crippen LogP) is 3.95. The first-order valence-electron chi connectivity index (χ1n) is 6.86. The second-order valence-electron chi connectivity index (χ2n) is 4.85. The summed E-state index contributed by atoms with van der Waals surface area (Å²) >= 11 is 2.95. The molecule has 0 bridgehead atoms. The Morgan fingerprint density at radius 2 is 2.14 bits per heavy atom. The minimum Gasteiger partial charge on any atom is -0.360 e. The molecule has 1 aromatic heterocycles. The summed E-state index contributed by atoms with van der Waals surface area (Å²) in [6.45, 7) is 8.72. The van der Waals surface area contributed by atoms with Crippen molar-refractivity contribution in [2.75, 3.05) is 11.9 Å². The molecular weight excluding hydrogens is 302 g/mol. The molecule has 6 heteroatoms. The van der Waals surface area contributed by atoms with Gasteiger partial charge in [-0.2, -0.15) is 0 Å². The van der Waals surface area contributed by atoms with Crippen LogP contribution in [0.25, 0.3) is 0 Å². The van der Waals surface area contributed by atoms with E-state index in [-0.39, 0.29) is 11.0 Å². The van der Waals surface area contributed by atoms with Gasteiger partial charge in [-0.25, -0.2) is 0 Å². The second-order valence-corrected chi connectivity index (χ2v) is 7.41. The first-order valence-corrected chi connectivity index (χ1v) is 8.56. The molecule has 112 valence electrons. The molecule has 1 N–H and O–H groups in total. The number of anilines is 1. The Kier molecular flexibility index (Phi) is 5.36. The van der Waals surface area contributed by atoms with Crippen LogP contribution in [0.15, 0.2) is 22.5 Å². The highest BCUT2D eigenvalue weighted by Gasteiger charge is 2.20. The lowest BCUT2D eigenvalue weighted by atomic mass is 10.0. The Balaban J connectivity index is 2.09. The van der Waals surface area contributed by atoms with Crippen molar-refractivity contribution in [1.29, 1.82) is 0 Å². The van der Waals surface area contributed by atoms with Crippen LogP contribution in [0.3, 0.4) is 0 Å². The highest BCUT2D eigenvalue weighted by Crippen LogP contribution is 2.30. The van der Waals surface area contributed by atoms with Crippen LogP contribution in [0.2, 0.25) is 0 Å². The van der Waals surface area contributed by atoms with Gasteiger partial charge in [0.25, 0.3) is 0 Å². The monoisotopic (exact) mass is 321 g/mol. The number of nitrogens with one attached hydrogen (secondary N) is 1. The molecule has 0 spiro atoms. The van der Waals surface area contributed by atoms with E-state index in [4.69, 9.17) is 0 Å². The summed E-state index contributed by atoms with van der Waals surface area (Å²) in [5.41, 5.74) is 2.92. The molecule has 4 nitrogen and oxygen atoms in total. The number of carbonyl (C=O) groups excluding carboxylic acids is 1. The van der Waals surface area contributed by atoms with E-state index in [0.717, 1.165) is 32.7 Å². The molecular formula is C15H19N3OS2. The van der Waals surface area contributed by atoms with Crippen molar-refractivity contribution >= 4 is 34.0 Å². The van der Waals surface area contributed by atoms with Gasteiger partial charge in [0.1, 0.15) is 0 Å². The SMILES string of the molecule is CCNc1nnc(S[C@H](C)C(=O)c2cc(C)ccc2C)s1. The van der Waals surface area contributed by atoms with Crippen LogP contribution in [-0.2, 0) is 0 Å². The maximum Gasteiger partial charge on any atom is 0.206 e. The number of hydrogen-bond acceptors (Lipinski definition) is 6. The minimum absolute atomic E-state index is 0.140. The summed E-state index contributed by atoms with van der Waals surface area (Å²) in [6, 6.07) is 5.98. The molecule has 0 fully saturated rings. The fourth-order valence-corrected chi connectivity index (χ4v) is 3.94. The lowest BCUT2D eigenvalue weighted by Gasteiger charge is -2.11. The maximum absolute atomic E-state index is 12.6. The Bertz CT molecular complexity index is 640. The molecule has 1 heterocycles. The van der Waals surface area contributed by atoms with Crippen LogP contribution >= 0.6 is 23.1 Å². The number of carbonyl (C=O) groups is 1. The normalized spacial score (nSPS) is 12.2. The Morgan fingerprint density at radius 3 is 2.86 bits per heavy atom. The number of ketones is 1. The number of nitrogens with zero attached hydrogens (tertiary/aromatic N) is 2. The first kappa shape index (κ1) is 16.0. The fourth-order valence-electron chi connectivity index (χ4n) is 1.91. The van der Waals surface area contributed by atoms with Gasteiger partial charge in [-0.15, -0.1) is 10.2 Å². The molecule has 1 aromatic carbocycles. The quantitative estimate of drug-likeness (QED) is 0.645. The van der Waals surface area contributed by atoms with Crippen molar-refractivity contribution in [2.45, 2.75) is 37.3 Å². The number of hydrogen-bond donors (Lipinski definition) is 1. The number of aromatic nitrogens is 2. The molecule has 0 aliphatic carbocycles. The molecule has 0 saturated carbocycles. The molecule has 2 aromatic rings. The number of thioether (sulfide) groups is 1. The summed E-state index contributed by atoms with van der Waals surface area (Å²) in [5, 5.41) is 11.9. The zero-order valence-corrected chi connectivity index (χ0v) is 14.3. The van der Waals surface area contributed by atoms with E-state index in [2.05, 4.69) is 15.5 Å². The van der Waals surface area contributed by atoms with Gasteiger partial charge in [0.15, 0.2) is 10.1 Å². The first-order chi connectivity index (χ1) is 10.0. The molecule has 0 radical (unpaired) electrons. The zero-order valence-electron chi connectivity index (χ0n) is 12.6. The predicted molar refractivity (Wildman–Crippen MR) is 89.6 cm³/mol. The van der Waals surface area contributed by atoms with Gasteiger partial charge in [-0.1, -0.05) is 40.8 Å². The third kappa shape index (κ3) is 4.04. The van der Waals surface area contributed by atoms with E-state index in [0.29, 0.717) is 0 Å². The Hall–Kier alpha value is -1.40. The topological polar surface area (TPSA) is 54.9 Å². The molecule has 2 rings (SSSR count). The van der Waals surface area contributed by atoms with E-state index >= 15 is 0 Å². The Labute approximate surface area is 133 Å². The van der Waals surface area contributed by atoms with Gasteiger partial charge in [0.05, 0.1) is 5.25 Å². The molecule has 0 saturated heterocycles. The van der Waals surface area contributed by atoms with Gasteiger partial charge >= 0.3 is 0 Å². The fraction of sp³-hybridized carbons (Fsp3) is 0.400. The lowest BCUT2D eigenvalue weighted by molar-refractivity contribution is 0.0993. The molecule has 0 amide bonds. The average Bonchev–Trinajstić information content (AvgIpc) is 2.88. The number of Topliss-reactive ketones (excluding diaryl/α,β-unsaturated/α-hetero) is 1. The summed E-state index contributed by atoms with van der Waals surface area (Å²) in [5.74, 6) is 0.140. The molecule has 21 heavy (non-hydrogen) atoms. The van der Waals surface area contributed by atoms with Crippen LogP contribution < -0.4 is 5.32 Å². The summed E-state index contributed by atoms with van der Waals surface area (Å²) in [4.78, 5) is 12.6. The van der Waals surface area contributed by atoms with Gasteiger partial charge in [0, 0.05) is 12.1 Å². The third-order valence-electron chi connectivity index (χ3n) is 3.04. The van der Waals surface area contributed by atoms with Crippen molar-refractivity contribution in [3.63, 3.8) is 0 Å². The van der Waals surface area contributed by atoms with E-state index in [1.807, 2.05) is 45.9 Å².